The summed E-state index contributed by atoms with van der Waals surface area (Å²) in [6.45, 7) is 3.65. The van der Waals surface area contributed by atoms with E-state index in [1.807, 2.05) is 0 Å². The lowest BCUT2D eigenvalue weighted by Crippen LogP contribution is -2.41. The summed E-state index contributed by atoms with van der Waals surface area (Å²) in [5, 5.41) is 5.14. The molecule has 3 amide bonds. The fourth-order valence-corrected chi connectivity index (χ4v) is 1.60. The molecular formula is C14H19N3O3. The summed E-state index contributed by atoms with van der Waals surface area (Å²) in [7, 11) is 1.52. The first kappa shape index (κ1) is 15.7. The highest BCUT2D eigenvalue weighted by atomic mass is 16.2. The van der Waals surface area contributed by atoms with E-state index in [-0.39, 0.29) is 24.3 Å². The van der Waals surface area contributed by atoms with Crippen molar-refractivity contribution in [1.82, 2.24) is 10.2 Å². The summed E-state index contributed by atoms with van der Waals surface area (Å²) in [4.78, 5) is 36.0. The molecule has 0 saturated heterocycles. The largest absolute Gasteiger partial charge is 0.358 e. The van der Waals surface area contributed by atoms with Crippen molar-refractivity contribution in [3.63, 3.8) is 0 Å². The molecule has 0 bridgehead atoms. The van der Waals surface area contributed by atoms with Crippen molar-refractivity contribution in [2.24, 2.45) is 0 Å². The van der Waals surface area contributed by atoms with Gasteiger partial charge in [-0.2, -0.15) is 0 Å². The summed E-state index contributed by atoms with van der Waals surface area (Å²) >= 11 is 0. The highest BCUT2D eigenvalue weighted by Gasteiger charge is 2.15. The Bertz CT molecular complexity index is 514. The van der Waals surface area contributed by atoms with Gasteiger partial charge in [0.1, 0.15) is 6.54 Å². The lowest BCUT2D eigenvalue weighted by Gasteiger charge is -2.20. The number of likely N-dealkylation sites (N-methyl/N-ethyl adjacent to an activating group) is 2. The number of urea groups is 1. The van der Waals surface area contributed by atoms with Gasteiger partial charge < -0.3 is 15.5 Å². The highest BCUT2D eigenvalue weighted by molar-refractivity contribution is 5.97. The number of hydrogen-bond acceptors (Lipinski definition) is 3. The molecule has 0 spiro atoms. The Morgan fingerprint density at radius 3 is 2.50 bits per heavy atom. The van der Waals surface area contributed by atoms with Gasteiger partial charge in [0.25, 0.3) is 0 Å². The average Bonchev–Trinajstić information content (AvgIpc) is 2.44. The number of Topliss-reactive ketones (excluding diaryl/α,β-unsaturated/α-hetero) is 1. The quantitative estimate of drug-likeness (QED) is 0.800. The van der Waals surface area contributed by atoms with Crippen molar-refractivity contribution >= 4 is 23.4 Å². The second-order valence-electron chi connectivity index (χ2n) is 4.25. The van der Waals surface area contributed by atoms with E-state index < -0.39 is 0 Å². The van der Waals surface area contributed by atoms with Gasteiger partial charge in [0.2, 0.25) is 5.91 Å². The van der Waals surface area contributed by atoms with Gasteiger partial charge in [-0.25, -0.2) is 4.79 Å². The third-order valence-electron chi connectivity index (χ3n) is 2.80. The summed E-state index contributed by atoms with van der Waals surface area (Å²) in [6, 6.07) is 6.30. The third kappa shape index (κ3) is 4.38. The van der Waals surface area contributed by atoms with E-state index in [1.165, 1.54) is 18.9 Å². The first-order chi connectivity index (χ1) is 9.47. The van der Waals surface area contributed by atoms with Crippen LogP contribution in [0.3, 0.4) is 0 Å². The Morgan fingerprint density at radius 1 is 1.25 bits per heavy atom. The van der Waals surface area contributed by atoms with Crippen LogP contribution in [0.15, 0.2) is 24.3 Å². The van der Waals surface area contributed by atoms with E-state index in [2.05, 4.69) is 10.6 Å². The van der Waals surface area contributed by atoms with Crippen molar-refractivity contribution in [1.29, 1.82) is 0 Å². The Hall–Kier alpha value is -2.37. The minimum atomic E-state index is -0.378. The van der Waals surface area contributed by atoms with Crippen LogP contribution in [0.25, 0.3) is 0 Å². The van der Waals surface area contributed by atoms with E-state index in [4.69, 9.17) is 0 Å². The van der Waals surface area contributed by atoms with Crippen LogP contribution in [0.2, 0.25) is 0 Å². The SMILES string of the molecule is CCN(CC(=O)NC)C(=O)Nc1cccc(C(C)=O)c1. The van der Waals surface area contributed by atoms with Gasteiger partial charge in [-0.05, 0) is 26.0 Å². The highest BCUT2D eigenvalue weighted by Crippen LogP contribution is 2.12. The predicted octanol–water partition coefficient (Wildman–Crippen LogP) is 1.49. The number of nitrogens with one attached hydrogen (secondary N) is 2. The van der Waals surface area contributed by atoms with Crippen LogP contribution >= 0.6 is 0 Å². The maximum atomic E-state index is 12.0. The number of nitrogens with zero attached hydrogens (tertiary/aromatic N) is 1. The molecule has 0 heterocycles. The van der Waals surface area contributed by atoms with Crippen molar-refractivity contribution in [3.05, 3.63) is 29.8 Å². The fraction of sp³-hybridized carbons (Fsp3) is 0.357. The average molecular weight is 277 g/mol. The molecule has 0 aliphatic carbocycles. The fourth-order valence-electron chi connectivity index (χ4n) is 1.60. The number of carbonyl (C=O) groups excluding carboxylic acids is 3. The molecular weight excluding hydrogens is 258 g/mol. The zero-order valence-electron chi connectivity index (χ0n) is 11.9. The van der Waals surface area contributed by atoms with Gasteiger partial charge in [0, 0.05) is 24.8 Å². The first-order valence-electron chi connectivity index (χ1n) is 6.35. The molecule has 0 aromatic heterocycles. The first-order valence-corrected chi connectivity index (χ1v) is 6.35. The van der Waals surface area contributed by atoms with Gasteiger partial charge in [-0.15, -0.1) is 0 Å². The lowest BCUT2D eigenvalue weighted by molar-refractivity contribution is -0.121. The number of rotatable bonds is 5. The Labute approximate surface area is 118 Å². The smallest absolute Gasteiger partial charge is 0.322 e. The Balaban J connectivity index is 2.75. The Kier molecular flexibility index (Phi) is 5.71. The molecule has 108 valence electrons. The monoisotopic (exact) mass is 277 g/mol. The van der Waals surface area contributed by atoms with Gasteiger partial charge in [0.15, 0.2) is 5.78 Å². The van der Waals surface area contributed by atoms with Crippen molar-refractivity contribution < 1.29 is 14.4 Å². The maximum absolute atomic E-state index is 12.0. The number of amides is 3. The van der Waals surface area contributed by atoms with Crippen molar-refractivity contribution in [3.8, 4) is 0 Å². The molecule has 1 rings (SSSR count). The Morgan fingerprint density at radius 2 is 1.95 bits per heavy atom. The minimum absolute atomic E-state index is 0.00870. The summed E-state index contributed by atoms with van der Waals surface area (Å²) in [5.41, 5.74) is 1.05. The maximum Gasteiger partial charge on any atom is 0.322 e. The van der Waals surface area contributed by atoms with Crippen molar-refractivity contribution in [2.75, 3.05) is 25.5 Å². The molecule has 20 heavy (non-hydrogen) atoms. The second kappa shape index (κ2) is 7.28. The van der Waals surface area contributed by atoms with Crippen LogP contribution < -0.4 is 10.6 Å². The lowest BCUT2D eigenvalue weighted by atomic mass is 10.1. The zero-order valence-corrected chi connectivity index (χ0v) is 11.9. The summed E-state index contributed by atoms with van der Waals surface area (Å²) < 4.78 is 0. The van der Waals surface area contributed by atoms with E-state index in [9.17, 15) is 14.4 Å². The summed E-state index contributed by atoms with van der Waals surface area (Å²) in [6.07, 6.45) is 0. The van der Waals surface area contributed by atoms with Gasteiger partial charge in [-0.1, -0.05) is 12.1 Å². The van der Waals surface area contributed by atoms with Crippen LogP contribution in [0.4, 0.5) is 10.5 Å². The van der Waals surface area contributed by atoms with Crippen molar-refractivity contribution in [2.45, 2.75) is 13.8 Å². The summed E-state index contributed by atoms with van der Waals surface area (Å²) in [5.74, 6) is -0.307. The molecule has 0 fully saturated rings. The number of anilines is 1. The number of ketones is 1. The molecule has 0 aliphatic heterocycles. The molecule has 0 saturated carbocycles. The number of carbonyl (C=O) groups is 3. The number of hydrogen-bond donors (Lipinski definition) is 2. The van der Waals surface area contributed by atoms with Crippen LogP contribution in [-0.4, -0.2) is 42.8 Å². The van der Waals surface area contributed by atoms with Crippen LogP contribution in [0, 0.1) is 0 Å². The molecule has 0 atom stereocenters. The van der Waals surface area contributed by atoms with Gasteiger partial charge >= 0.3 is 6.03 Å². The van der Waals surface area contributed by atoms with E-state index >= 15 is 0 Å². The standard InChI is InChI=1S/C14H19N3O3/c1-4-17(9-13(19)15-3)14(20)16-12-7-5-6-11(8-12)10(2)18/h5-8H,4,9H2,1-3H3,(H,15,19)(H,16,20). The molecule has 2 N–H and O–H groups in total. The predicted molar refractivity (Wildman–Crippen MR) is 76.8 cm³/mol. The van der Waals surface area contributed by atoms with Crippen LogP contribution in [-0.2, 0) is 4.79 Å². The van der Waals surface area contributed by atoms with Gasteiger partial charge in [0.05, 0.1) is 0 Å². The molecule has 0 unspecified atom stereocenters. The van der Waals surface area contributed by atoms with E-state index in [0.29, 0.717) is 17.8 Å². The molecule has 0 aliphatic rings. The van der Waals surface area contributed by atoms with E-state index in [1.54, 1.807) is 31.2 Å². The minimum Gasteiger partial charge on any atom is -0.358 e. The zero-order chi connectivity index (χ0) is 15.1. The number of benzene rings is 1. The van der Waals surface area contributed by atoms with Crippen LogP contribution in [0.5, 0.6) is 0 Å². The molecule has 1 aromatic carbocycles. The third-order valence-corrected chi connectivity index (χ3v) is 2.80. The van der Waals surface area contributed by atoms with E-state index in [0.717, 1.165) is 0 Å². The second-order valence-corrected chi connectivity index (χ2v) is 4.25. The molecule has 6 heteroatoms. The normalized spacial score (nSPS) is 9.75. The van der Waals surface area contributed by atoms with Crippen LogP contribution in [0.1, 0.15) is 24.2 Å². The molecule has 1 aromatic rings. The molecule has 0 radical (unpaired) electrons. The topological polar surface area (TPSA) is 78.5 Å². The molecule has 6 nitrogen and oxygen atoms in total. The van der Waals surface area contributed by atoms with Gasteiger partial charge in [-0.3, -0.25) is 9.59 Å².